The number of benzene rings is 2. The predicted molar refractivity (Wildman–Crippen MR) is 76.1 cm³/mol. The molecule has 0 radical (unpaired) electrons. The van der Waals surface area contributed by atoms with Gasteiger partial charge in [0.05, 0.1) is 6.57 Å². The van der Waals surface area contributed by atoms with Crippen LogP contribution in [-0.2, 0) is 0 Å². The Morgan fingerprint density at radius 2 is 1.72 bits per heavy atom. The number of para-hydroxylation sites is 1. The van der Waals surface area contributed by atoms with Crippen molar-refractivity contribution in [1.82, 2.24) is 4.57 Å². The Labute approximate surface area is 106 Å². The minimum atomic E-state index is 0.409. The summed E-state index contributed by atoms with van der Waals surface area (Å²) in [6.07, 6.45) is 0. The number of hydrogen-bond donors (Lipinski definition) is 0. The normalized spacial score (nSPS) is 11.2. The first-order chi connectivity index (χ1) is 8.72. The molecule has 0 amide bonds. The molecule has 0 saturated heterocycles. The number of nitrogens with zero attached hydrogens (tertiary/aromatic N) is 2. The molecule has 18 heavy (non-hydrogen) atoms. The van der Waals surface area contributed by atoms with Crippen LogP contribution in [0.1, 0.15) is 19.9 Å². The standard InChI is InChI=1S/C16H14N2/c1-11(2)18-15-7-5-4-6-13(15)14-10-12(17-3)8-9-16(14)18/h4-11H,1-2H3. The van der Waals surface area contributed by atoms with E-state index in [0.29, 0.717) is 11.7 Å². The number of rotatable bonds is 1. The zero-order valence-corrected chi connectivity index (χ0v) is 10.5. The van der Waals surface area contributed by atoms with Crippen LogP contribution in [0.25, 0.3) is 26.7 Å². The van der Waals surface area contributed by atoms with Crippen LogP contribution < -0.4 is 0 Å². The molecule has 0 unspecified atom stereocenters. The molecule has 2 heteroatoms. The molecule has 2 nitrogen and oxygen atoms in total. The van der Waals surface area contributed by atoms with Crippen LogP contribution in [0.2, 0.25) is 0 Å². The summed E-state index contributed by atoms with van der Waals surface area (Å²) in [5.41, 5.74) is 3.15. The number of hydrogen-bond acceptors (Lipinski definition) is 0. The van der Waals surface area contributed by atoms with Gasteiger partial charge in [-0.2, -0.15) is 0 Å². The first-order valence-corrected chi connectivity index (χ1v) is 6.12. The Kier molecular flexibility index (Phi) is 2.34. The Morgan fingerprint density at radius 1 is 1.00 bits per heavy atom. The highest BCUT2D eigenvalue weighted by atomic mass is 15.0. The average Bonchev–Trinajstić information content (AvgIpc) is 2.72. The zero-order chi connectivity index (χ0) is 12.7. The number of aromatic nitrogens is 1. The van der Waals surface area contributed by atoms with E-state index in [1.807, 2.05) is 12.1 Å². The van der Waals surface area contributed by atoms with Crippen molar-refractivity contribution in [1.29, 1.82) is 0 Å². The van der Waals surface area contributed by atoms with Crippen molar-refractivity contribution in [2.24, 2.45) is 0 Å². The maximum absolute atomic E-state index is 7.14. The van der Waals surface area contributed by atoms with Gasteiger partial charge in [-0.1, -0.05) is 24.3 Å². The highest BCUT2D eigenvalue weighted by molar-refractivity contribution is 6.09. The smallest absolute Gasteiger partial charge is 0.188 e. The lowest BCUT2D eigenvalue weighted by molar-refractivity contribution is 0.642. The summed E-state index contributed by atoms with van der Waals surface area (Å²) in [4.78, 5) is 3.52. The van der Waals surface area contributed by atoms with Gasteiger partial charge in [-0.25, -0.2) is 4.85 Å². The van der Waals surface area contributed by atoms with Crippen LogP contribution in [0.5, 0.6) is 0 Å². The van der Waals surface area contributed by atoms with Crippen LogP contribution in [0, 0.1) is 6.57 Å². The summed E-state index contributed by atoms with van der Waals surface area (Å²) in [5.74, 6) is 0. The lowest BCUT2D eigenvalue weighted by Gasteiger charge is -2.11. The quantitative estimate of drug-likeness (QED) is 0.528. The van der Waals surface area contributed by atoms with Crippen LogP contribution in [0.4, 0.5) is 5.69 Å². The van der Waals surface area contributed by atoms with Gasteiger partial charge in [-0.3, -0.25) is 0 Å². The average molecular weight is 234 g/mol. The van der Waals surface area contributed by atoms with Gasteiger partial charge in [-0.05, 0) is 37.4 Å². The van der Waals surface area contributed by atoms with E-state index in [1.165, 1.54) is 21.8 Å². The van der Waals surface area contributed by atoms with E-state index < -0.39 is 0 Å². The Bertz CT molecular complexity index is 773. The molecule has 0 aliphatic carbocycles. The Hall–Kier alpha value is -2.27. The van der Waals surface area contributed by atoms with Crippen LogP contribution in [0.15, 0.2) is 42.5 Å². The van der Waals surface area contributed by atoms with E-state index in [2.05, 4.69) is 53.6 Å². The predicted octanol–water partition coefficient (Wildman–Crippen LogP) is 4.93. The van der Waals surface area contributed by atoms with Crippen molar-refractivity contribution in [3.63, 3.8) is 0 Å². The van der Waals surface area contributed by atoms with Gasteiger partial charge >= 0.3 is 0 Å². The van der Waals surface area contributed by atoms with E-state index in [-0.39, 0.29) is 0 Å². The molecule has 0 aliphatic heterocycles. The van der Waals surface area contributed by atoms with Gasteiger partial charge in [0.1, 0.15) is 0 Å². The highest BCUT2D eigenvalue weighted by Gasteiger charge is 2.12. The second-order valence-corrected chi connectivity index (χ2v) is 4.79. The summed E-state index contributed by atoms with van der Waals surface area (Å²) < 4.78 is 2.33. The van der Waals surface area contributed by atoms with Gasteiger partial charge in [0.25, 0.3) is 0 Å². The Morgan fingerprint density at radius 3 is 2.44 bits per heavy atom. The van der Waals surface area contributed by atoms with Crippen molar-refractivity contribution < 1.29 is 0 Å². The molecule has 0 spiro atoms. The van der Waals surface area contributed by atoms with Crippen LogP contribution in [0.3, 0.4) is 0 Å². The molecule has 0 fully saturated rings. The van der Waals surface area contributed by atoms with Gasteiger partial charge in [0.15, 0.2) is 5.69 Å². The molecule has 3 rings (SSSR count). The lowest BCUT2D eigenvalue weighted by Crippen LogP contribution is -1.99. The molecule has 2 aromatic carbocycles. The monoisotopic (exact) mass is 234 g/mol. The largest absolute Gasteiger partial charge is 0.338 e. The van der Waals surface area contributed by atoms with Gasteiger partial charge in [0.2, 0.25) is 0 Å². The first-order valence-electron chi connectivity index (χ1n) is 6.12. The number of fused-ring (bicyclic) bond motifs is 3. The van der Waals surface area contributed by atoms with Crippen LogP contribution in [-0.4, -0.2) is 4.57 Å². The SMILES string of the molecule is [C-]#[N+]c1ccc2c(c1)c1ccccc1n2C(C)C. The van der Waals surface area contributed by atoms with Crippen molar-refractivity contribution in [2.75, 3.05) is 0 Å². The molecule has 0 aliphatic rings. The summed E-state index contributed by atoms with van der Waals surface area (Å²) in [5, 5.41) is 2.40. The molecule has 3 aromatic rings. The molecule has 0 N–H and O–H groups in total. The van der Waals surface area contributed by atoms with Gasteiger partial charge in [0, 0.05) is 22.5 Å². The molecular weight excluding hydrogens is 220 g/mol. The third kappa shape index (κ3) is 1.41. The molecule has 0 atom stereocenters. The van der Waals surface area contributed by atoms with E-state index in [4.69, 9.17) is 6.57 Å². The molecule has 1 heterocycles. The molecule has 0 bridgehead atoms. The van der Waals surface area contributed by atoms with E-state index >= 15 is 0 Å². The molecular formula is C16H14N2. The van der Waals surface area contributed by atoms with Crippen molar-refractivity contribution in [3.05, 3.63) is 53.9 Å². The Balaban J connectivity index is 2.54. The van der Waals surface area contributed by atoms with Crippen molar-refractivity contribution in [3.8, 4) is 0 Å². The highest BCUT2D eigenvalue weighted by Crippen LogP contribution is 2.33. The van der Waals surface area contributed by atoms with Crippen LogP contribution >= 0.6 is 0 Å². The summed E-state index contributed by atoms with van der Waals surface area (Å²) in [6.45, 7) is 11.5. The second kappa shape index (κ2) is 3.89. The second-order valence-electron chi connectivity index (χ2n) is 4.79. The third-order valence-electron chi connectivity index (χ3n) is 3.34. The van der Waals surface area contributed by atoms with Crippen molar-refractivity contribution in [2.45, 2.75) is 19.9 Å². The van der Waals surface area contributed by atoms with Gasteiger partial charge < -0.3 is 4.57 Å². The minimum Gasteiger partial charge on any atom is -0.338 e. The van der Waals surface area contributed by atoms with E-state index in [0.717, 1.165) is 0 Å². The minimum absolute atomic E-state index is 0.409. The van der Waals surface area contributed by atoms with Crippen molar-refractivity contribution >= 4 is 27.5 Å². The fraction of sp³-hybridized carbons (Fsp3) is 0.188. The maximum Gasteiger partial charge on any atom is 0.188 e. The lowest BCUT2D eigenvalue weighted by atomic mass is 10.1. The topological polar surface area (TPSA) is 9.29 Å². The third-order valence-corrected chi connectivity index (χ3v) is 3.34. The maximum atomic E-state index is 7.14. The molecule has 1 aromatic heterocycles. The fourth-order valence-electron chi connectivity index (χ4n) is 2.62. The van der Waals surface area contributed by atoms with Gasteiger partial charge in [-0.15, -0.1) is 0 Å². The summed E-state index contributed by atoms with van der Waals surface area (Å²) in [6, 6.07) is 14.7. The van der Waals surface area contributed by atoms with E-state index in [9.17, 15) is 0 Å². The zero-order valence-electron chi connectivity index (χ0n) is 10.5. The summed E-state index contributed by atoms with van der Waals surface area (Å²) >= 11 is 0. The fourth-order valence-corrected chi connectivity index (χ4v) is 2.62. The van der Waals surface area contributed by atoms with E-state index in [1.54, 1.807) is 0 Å². The molecule has 88 valence electrons. The first kappa shape index (κ1) is 10.9. The molecule has 0 saturated carbocycles. The summed E-state index contributed by atoms with van der Waals surface area (Å²) in [7, 11) is 0.